The first kappa shape index (κ1) is 14.7. The lowest BCUT2D eigenvalue weighted by atomic mass is 10.2. The zero-order chi connectivity index (χ0) is 15.8. The molecule has 2 N–H and O–H groups in total. The molecule has 0 bridgehead atoms. The molecule has 1 saturated carbocycles. The number of benzene rings is 1. The predicted molar refractivity (Wildman–Crippen MR) is 89.7 cm³/mol. The van der Waals surface area contributed by atoms with E-state index in [2.05, 4.69) is 36.3 Å². The van der Waals surface area contributed by atoms with Crippen LogP contribution in [0.15, 0.2) is 38.3 Å². The summed E-state index contributed by atoms with van der Waals surface area (Å²) in [5.74, 6) is 2.07. The zero-order valence-corrected chi connectivity index (χ0v) is 14.4. The van der Waals surface area contributed by atoms with Crippen LogP contribution in [0.4, 0.5) is 5.95 Å². The molecule has 1 fully saturated rings. The topological polar surface area (TPSA) is 95.7 Å². The van der Waals surface area contributed by atoms with Gasteiger partial charge in [-0.1, -0.05) is 27.7 Å². The normalized spacial score (nSPS) is 14.3. The molecule has 0 atom stereocenters. The van der Waals surface area contributed by atoms with Gasteiger partial charge in [-0.15, -0.1) is 20.4 Å². The maximum absolute atomic E-state index is 5.86. The Hall–Kier alpha value is -1.87. The zero-order valence-electron chi connectivity index (χ0n) is 12.0. The fraction of sp³-hybridized carbons (Fsp3) is 0.286. The van der Waals surface area contributed by atoms with Crippen LogP contribution in [0.1, 0.15) is 24.8 Å². The highest BCUT2D eigenvalue weighted by molar-refractivity contribution is 9.10. The van der Waals surface area contributed by atoms with E-state index in [0.29, 0.717) is 29.5 Å². The summed E-state index contributed by atoms with van der Waals surface area (Å²) in [7, 11) is 0. The Balaban J connectivity index is 1.47. The van der Waals surface area contributed by atoms with Gasteiger partial charge in [0.15, 0.2) is 5.16 Å². The third-order valence-electron chi connectivity index (χ3n) is 3.49. The van der Waals surface area contributed by atoms with Crippen molar-refractivity contribution in [3.63, 3.8) is 0 Å². The molecule has 0 radical (unpaired) electrons. The fourth-order valence-corrected chi connectivity index (χ4v) is 3.32. The monoisotopic (exact) mass is 392 g/mol. The summed E-state index contributed by atoms with van der Waals surface area (Å²) in [5.41, 5.74) is 6.76. The van der Waals surface area contributed by atoms with Crippen molar-refractivity contribution in [2.75, 3.05) is 5.73 Å². The van der Waals surface area contributed by atoms with E-state index in [0.717, 1.165) is 28.0 Å². The summed E-state index contributed by atoms with van der Waals surface area (Å²) in [6, 6.07) is 8.18. The van der Waals surface area contributed by atoms with Gasteiger partial charge in [-0.05, 0) is 37.1 Å². The van der Waals surface area contributed by atoms with Gasteiger partial charge in [0, 0.05) is 16.1 Å². The Labute approximate surface area is 144 Å². The Morgan fingerprint density at radius 2 is 1.96 bits per heavy atom. The van der Waals surface area contributed by atoms with Gasteiger partial charge < -0.3 is 10.2 Å². The van der Waals surface area contributed by atoms with Crippen LogP contribution in [0.5, 0.6) is 0 Å². The Morgan fingerprint density at radius 3 is 2.70 bits per heavy atom. The van der Waals surface area contributed by atoms with Gasteiger partial charge in [0.25, 0.3) is 0 Å². The summed E-state index contributed by atoms with van der Waals surface area (Å²) in [6.45, 7) is 0. The van der Waals surface area contributed by atoms with Crippen molar-refractivity contribution in [3.05, 3.63) is 34.6 Å². The quantitative estimate of drug-likeness (QED) is 0.665. The molecule has 1 aliphatic carbocycles. The minimum Gasteiger partial charge on any atom is -0.420 e. The molecule has 1 aliphatic rings. The van der Waals surface area contributed by atoms with Gasteiger partial charge in [-0.2, -0.15) is 0 Å². The van der Waals surface area contributed by atoms with Gasteiger partial charge in [0.2, 0.25) is 17.7 Å². The second kappa shape index (κ2) is 5.97. The van der Waals surface area contributed by atoms with Crippen molar-refractivity contribution in [1.82, 2.24) is 25.0 Å². The Morgan fingerprint density at radius 1 is 1.17 bits per heavy atom. The smallest absolute Gasteiger partial charge is 0.247 e. The first-order valence-electron chi connectivity index (χ1n) is 7.12. The van der Waals surface area contributed by atoms with Gasteiger partial charge >= 0.3 is 0 Å². The van der Waals surface area contributed by atoms with Crippen molar-refractivity contribution < 1.29 is 4.42 Å². The molecule has 9 heteroatoms. The molecule has 23 heavy (non-hydrogen) atoms. The van der Waals surface area contributed by atoms with Crippen LogP contribution < -0.4 is 5.73 Å². The molecule has 0 spiro atoms. The number of nitrogens with zero attached hydrogens (tertiary/aromatic N) is 5. The average molecular weight is 393 g/mol. The van der Waals surface area contributed by atoms with Gasteiger partial charge in [-0.3, -0.25) is 4.57 Å². The van der Waals surface area contributed by atoms with Crippen LogP contribution in [-0.4, -0.2) is 25.0 Å². The lowest BCUT2D eigenvalue weighted by Gasteiger charge is -2.04. The van der Waals surface area contributed by atoms with Crippen molar-refractivity contribution in [2.24, 2.45) is 0 Å². The SMILES string of the molecule is Nc1nnc(SCc2nnc(-c3ccc(Br)cc3)o2)n1C1CC1. The van der Waals surface area contributed by atoms with Crippen LogP contribution in [0.2, 0.25) is 0 Å². The van der Waals surface area contributed by atoms with Crippen LogP contribution in [0.25, 0.3) is 11.5 Å². The van der Waals surface area contributed by atoms with Gasteiger partial charge in [0.1, 0.15) is 0 Å². The summed E-state index contributed by atoms with van der Waals surface area (Å²) in [4.78, 5) is 0. The first-order chi connectivity index (χ1) is 11.2. The van der Waals surface area contributed by atoms with E-state index in [-0.39, 0.29) is 0 Å². The highest BCUT2D eigenvalue weighted by Gasteiger charge is 2.29. The number of nitrogen functional groups attached to an aromatic ring is 1. The number of halogens is 1. The molecule has 3 aromatic rings. The van der Waals surface area contributed by atoms with Crippen LogP contribution >= 0.6 is 27.7 Å². The van der Waals surface area contributed by atoms with Crippen molar-refractivity contribution in [3.8, 4) is 11.5 Å². The predicted octanol–water partition coefficient (Wildman–Crippen LogP) is 3.30. The average Bonchev–Trinajstić information content (AvgIpc) is 3.15. The van der Waals surface area contributed by atoms with E-state index in [4.69, 9.17) is 10.2 Å². The van der Waals surface area contributed by atoms with E-state index in [1.807, 2.05) is 28.8 Å². The Bertz CT molecular complexity index is 826. The molecule has 0 unspecified atom stereocenters. The number of thioether (sulfide) groups is 1. The van der Waals surface area contributed by atoms with E-state index < -0.39 is 0 Å². The van der Waals surface area contributed by atoms with E-state index in [1.165, 1.54) is 11.8 Å². The van der Waals surface area contributed by atoms with Crippen LogP contribution in [-0.2, 0) is 5.75 Å². The molecule has 4 rings (SSSR count). The van der Waals surface area contributed by atoms with Gasteiger partial charge in [-0.25, -0.2) is 0 Å². The summed E-state index contributed by atoms with van der Waals surface area (Å²) < 4.78 is 8.70. The first-order valence-corrected chi connectivity index (χ1v) is 8.90. The van der Waals surface area contributed by atoms with Gasteiger partial charge in [0.05, 0.1) is 5.75 Å². The Kier molecular flexibility index (Phi) is 3.82. The molecule has 0 amide bonds. The van der Waals surface area contributed by atoms with Crippen molar-refractivity contribution in [1.29, 1.82) is 0 Å². The number of aromatic nitrogens is 5. The summed E-state index contributed by atoms with van der Waals surface area (Å²) in [6.07, 6.45) is 2.26. The number of hydrogen-bond donors (Lipinski definition) is 1. The lowest BCUT2D eigenvalue weighted by molar-refractivity contribution is 0.528. The molecule has 2 aromatic heterocycles. The highest BCUT2D eigenvalue weighted by atomic mass is 79.9. The number of nitrogens with two attached hydrogens (primary N) is 1. The molecule has 0 aliphatic heterocycles. The maximum atomic E-state index is 5.86. The van der Waals surface area contributed by atoms with Crippen LogP contribution in [0, 0.1) is 0 Å². The second-order valence-electron chi connectivity index (χ2n) is 5.24. The summed E-state index contributed by atoms with van der Waals surface area (Å²) in [5, 5.41) is 17.1. The minimum absolute atomic E-state index is 0.438. The largest absolute Gasteiger partial charge is 0.420 e. The van der Waals surface area contributed by atoms with Crippen molar-refractivity contribution >= 4 is 33.6 Å². The van der Waals surface area contributed by atoms with Crippen molar-refractivity contribution in [2.45, 2.75) is 29.8 Å². The lowest BCUT2D eigenvalue weighted by Crippen LogP contribution is -2.02. The molecule has 118 valence electrons. The van der Waals surface area contributed by atoms with Crippen LogP contribution in [0.3, 0.4) is 0 Å². The molecule has 2 heterocycles. The third-order valence-corrected chi connectivity index (χ3v) is 4.94. The number of anilines is 1. The van der Waals surface area contributed by atoms with E-state index >= 15 is 0 Å². The molecule has 1 aromatic carbocycles. The standard InChI is InChI=1S/C14H13BrN6OS/c15-9-3-1-8(2-4-9)12-18-17-11(22-12)7-23-14-20-19-13(16)21(14)10-5-6-10/h1-4,10H,5-7H2,(H2,16,19). The minimum atomic E-state index is 0.438. The molecule has 0 saturated heterocycles. The second-order valence-corrected chi connectivity index (χ2v) is 7.10. The molecular weight excluding hydrogens is 380 g/mol. The maximum Gasteiger partial charge on any atom is 0.247 e. The van der Waals surface area contributed by atoms with E-state index in [9.17, 15) is 0 Å². The summed E-state index contributed by atoms with van der Waals surface area (Å²) >= 11 is 4.91. The number of hydrogen-bond acceptors (Lipinski definition) is 7. The molecular formula is C14H13BrN6OS. The third kappa shape index (κ3) is 3.11. The number of rotatable bonds is 5. The highest BCUT2D eigenvalue weighted by Crippen LogP contribution is 2.39. The van der Waals surface area contributed by atoms with E-state index in [1.54, 1.807) is 0 Å². The molecule has 7 nitrogen and oxygen atoms in total. The fourth-order valence-electron chi connectivity index (χ4n) is 2.21.